The smallest absolute Gasteiger partial charge is 0.143 e. The first kappa shape index (κ1) is 14.9. The zero-order chi connectivity index (χ0) is 50.4. The van der Waals surface area contributed by atoms with E-state index in [0.717, 1.165) is 21.2 Å². The standard InChI is InChI=1S/C48H31NO/c1-2-12-37-31-38(20-19-32(37)9-1)33-21-26-39(27-22-33)49(40-28-23-36(24-29-40)42-16-7-13-34-10-3-5-14-41(34)42)45-17-8-18-46-47(45)44-30-25-35-11-4-6-15-43(35)48(44)50-46/h1-31H/i1D,2D,4D,6D,8D,9D,11D,12D,15D,17D,18D,19D,20D,21D,22D,25D,26D,27D,30D,31D. The molecule has 0 bridgehead atoms. The third-order valence-electron chi connectivity index (χ3n) is 8.51. The molecule has 50 heavy (non-hydrogen) atoms. The molecule has 1 aromatic heterocycles. The highest BCUT2D eigenvalue weighted by Gasteiger charge is 2.20. The lowest BCUT2D eigenvalue weighted by molar-refractivity contribution is 0.672. The maximum atomic E-state index is 9.65. The van der Waals surface area contributed by atoms with Crippen LogP contribution in [-0.4, -0.2) is 0 Å². The van der Waals surface area contributed by atoms with Crippen molar-refractivity contribution < 1.29 is 31.8 Å². The molecule has 0 aliphatic carbocycles. The van der Waals surface area contributed by atoms with E-state index in [1.165, 1.54) is 0 Å². The number of hydrogen-bond acceptors (Lipinski definition) is 2. The highest BCUT2D eigenvalue weighted by Crippen LogP contribution is 2.45. The Kier molecular flexibility index (Phi) is 3.42. The monoisotopic (exact) mass is 657 g/mol. The van der Waals surface area contributed by atoms with Gasteiger partial charge >= 0.3 is 0 Å². The van der Waals surface area contributed by atoms with Crippen molar-refractivity contribution in [2.75, 3.05) is 4.90 Å². The second-order valence-corrected chi connectivity index (χ2v) is 11.4. The van der Waals surface area contributed by atoms with Crippen LogP contribution in [0.2, 0.25) is 0 Å². The first-order valence-electron chi connectivity index (χ1n) is 25.5. The van der Waals surface area contributed by atoms with Crippen LogP contribution in [0.15, 0.2) is 192 Å². The molecule has 0 fully saturated rings. The second kappa shape index (κ2) is 11.5. The molecule has 0 N–H and O–H groups in total. The summed E-state index contributed by atoms with van der Waals surface area (Å²) in [5.41, 5.74) is -1.65. The Bertz CT molecular complexity index is 3980. The molecule has 0 aliphatic rings. The molecule has 2 heteroatoms. The van der Waals surface area contributed by atoms with Crippen molar-refractivity contribution in [1.82, 2.24) is 0 Å². The molecule has 0 radical (unpaired) electrons. The van der Waals surface area contributed by atoms with E-state index in [0.29, 0.717) is 5.56 Å². The summed E-state index contributed by atoms with van der Waals surface area (Å²) in [5, 5.41) is -0.423. The number of nitrogens with zero attached hydrogens (tertiary/aromatic N) is 1. The SMILES string of the molecule is [2H]c1c([2H])c(N(c2ccc(-c3cccc4ccccc34)cc2)c2c([2H])c([2H])c([2H])c3oc4c5c([2H])c([2H])c([2H])c([2H])c5c([2H])c([2H])c4c23)c([2H])c([2H])c1-c1c([2H])c([2H])c2c([2H])c([2H])c([2H])c([2H])c2c1[2H]. The lowest BCUT2D eigenvalue weighted by atomic mass is 9.98. The van der Waals surface area contributed by atoms with E-state index < -0.39 is 160 Å². The summed E-state index contributed by atoms with van der Waals surface area (Å²) >= 11 is 0. The Morgan fingerprint density at radius 3 is 2.06 bits per heavy atom. The van der Waals surface area contributed by atoms with E-state index in [9.17, 15) is 8.22 Å². The van der Waals surface area contributed by atoms with Crippen molar-refractivity contribution in [3.8, 4) is 22.3 Å². The van der Waals surface area contributed by atoms with E-state index in [1.807, 2.05) is 42.5 Å². The molecule has 2 nitrogen and oxygen atoms in total. The van der Waals surface area contributed by atoms with Crippen LogP contribution in [0.5, 0.6) is 0 Å². The maximum Gasteiger partial charge on any atom is 0.143 e. The minimum atomic E-state index is -0.880. The molecule has 0 amide bonds. The molecule has 1 heterocycles. The predicted octanol–water partition coefficient (Wildman–Crippen LogP) is 13.8. The Labute approximate surface area is 318 Å². The van der Waals surface area contributed by atoms with Gasteiger partial charge in [-0.1, -0.05) is 139 Å². The maximum absolute atomic E-state index is 9.65. The van der Waals surface area contributed by atoms with Gasteiger partial charge in [0.25, 0.3) is 0 Å². The molecule has 9 aromatic carbocycles. The highest BCUT2D eigenvalue weighted by atomic mass is 16.3. The van der Waals surface area contributed by atoms with Crippen LogP contribution in [0.1, 0.15) is 27.4 Å². The van der Waals surface area contributed by atoms with E-state index in [1.54, 1.807) is 24.3 Å². The lowest BCUT2D eigenvalue weighted by Crippen LogP contribution is -2.10. The van der Waals surface area contributed by atoms with Crippen molar-refractivity contribution in [2.24, 2.45) is 0 Å². The predicted molar refractivity (Wildman–Crippen MR) is 212 cm³/mol. The molecule has 10 aromatic rings. The number of rotatable bonds is 5. The van der Waals surface area contributed by atoms with E-state index in [4.69, 9.17) is 23.6 Å². The summed E-state index contributed by atoms with van der Waals surface area (Å²) in [6.07, 6.45) is 0. The average Bonchev–Trinajstić information content (AvgIpc) is 3.75. The van der Waals surface area contributed by atoms with Gasteiger partial charge in [0, 0.05) is 22.1 Å². The number of hydrogen-bond donors (Lipinski definition) is 0. The van der Waals surface area contributed by atoms with Crippen molar-refractivity contribution in [3.05, 3.63) is 188 Å². The first-order chi connectivity index (χ1) is 33.1. The molecular formula is C48H31NO. The quantitative estimate of drug-likeness (QED) is 0.183. The van der Waals surface area contributed by atoms with Gasteiger partial charge in [-0.25, -0.2) is 0 Å². The summed E-state index contributed by atoms with van der Waals surface area (Å²) < 4.78 is 185. The summed E-state index contributed by atoms with van der Waals surface area (Å²) in [5.74, 6) is 0. The summed E-state index contributed by atoms with van der Waals surface area (Å²) in [7, 11) is 0. The first-order valence-corrected chi connectivity index (χ1v) is 15.5. The molecule has 0 aliphatic heterocycles. The van der Waals surface area contributed by atoms with Crippen LogP contribution in [-0.2, 0) is 0 Å². The average molecular weight is 658 g/mol. The Hall–Kier alpha value is -6.64. The van der Waals surface area contributed by atoms with Gasteiger partial charge in [-0.05, 0) is 97.6 Å². The van der Waals surface area contributed by atoms with Crippen LogP contribution in [0.3, 0.4) is 0 Å². The molecule has 234 valence electrons. The summed E-state index contributed by atoms with van der Waals surface area (Å²) in [4.78, 5) is 1.10. The fourth-order valence-electron chi connectivity index (χ4n) is 6.21. The lowest BCUT2D eigenvalue weighted by Gasteiger charge is -2.26. The normalized spacial score (nSPS) is 17.2. The van der Waals surface area contributed by atoms with Crippen molar-refractivity contribution in [3.63, 3.8) is 0 Å². The van der Waals surface area contributed by atoms with Crippen molar-refractivity contribution in [1.29, 1.82) is 0 Å². The fourth-order valence-corrected chi connectivity index (χ4v) is 6.21. The highest BCUT2D eigenvalue weighted by molar-refractivity contribution is 6.19. The van der Waals surface area contributed by atoms with Crippen molar-refractivity contribution >= 4 is 71.3 Å². The Morgan fingerprint density at radius 2 is 1.18 bits per heavy atom. The number of benzene rings is 9. The molecular weight excluding hydrogens is 607 g/mol. The Morgan fingerprint density at radius 1 is 0.440 bits per heavy atom. The van der Waals surface area contributed by atoms with Crippen molar-refractivity contribution in [2.45, 2.75) is 0 Å². The van der Waals surface area contributed by atoms with Gasteiger partial charge in [0.05, 0.1) is 38.5 Å². The summed E-state index contributed by atoms with van der Waals surface area (Å²) in [6, 6.07) is 4.95. The van der Waals surface area contributed by atoms with Gasteiger partial charge in [0.2, 0.25) is 0 Å². The minimum absolute atomic E-state index is 0.0386. The number of fused-ring (bicyclic) bond motifs is 7. The number of furan rings is 1. The second-order valence-electron chi connectivity index (χ2n) is 11.4. The zero-order valence-corrected chi connectivity index (χ0v) is 25.7. The van der Waals surface area contributed by atoms with Gasteiger partial charge in [0.1, 0.15) is 11.2 Å². The largest absolute Gasteiger partial charge is 0.455 e. The van der Waals surface area contributed by atoms with Gasteiger partial charge in [-0.2, -0.15) is 0 Å². The molecule has 0 unspecified atom stereocenters. The van der Waals surface area contributed by atoms with Crippen LogP contribution >= 0.6 is 0 Å². The zero-order valence-electron chi connectivity index (χ0n) is 45.7. The van der Waals surface area contributed by atoms with E-state index in [-0.39, 0.29) is 32.8 Å². The summed E-state index contributed by atoms with van der Waals surface area (Å²) in [6.45, 7) is 0. The molecule has 0 saturated heterocycles. The van der Waals surface area contributed by atoms with E-state index in [2.05, 4.69) is 0 Å². The molecule has 10 rings (SSSR count). The minimum Gasteiger partial charge on any atom is -0.455 e. The van der Waals surface area contributed by atoms with Crippen LogP contribution in [0.25, 0.3) is 76.5 Å². The molecule has 0 spiro atoms. The fraction of sp³-hybridized carbons (Fsp3) is 0. The molecule has 0 atom stereocenters. The van der Waals surface area contributed by atoms with Gasteiger partial charge < -0.3 is 9.32 Å². The van der Waals surface area contributed by atoms with Crippen LogP contribution in [0.4, 0.5) is 17.1 Å². The van der Waals surface area contributed by atoms with Crippen LogP contribution in [0, 0.1) is 0 Å². The third kappa shape index (κ3) is 4.65. The van der Waals surface area contributed by atoms with Gasteiger partial charge in [0.15, 0.2) is 0 Å². The van der Waals surface area contributed by atoms with E-state index >= 15 is 0 Å². The topological polar surface area (TPSA) is 16.4 Å². The van der Waals surface area contributed by atoms with Gasteiger partial charge in [-0.15, -0.1) is 0 Å². The Balaban J connectivity index is 1.34. The van der Waals surface area contributed by atoms with Crippen LogP contribution < -0.4 is 4.90 Å². The van der Waals surface area contributed by atoms with Gasteiger partial charge in [-0.3, -0.25) is 0 Å². The third-order valence-corrected chi connectivity index (χ3v) is 8.51. The number of anilines is 3. The molecule has 0 saturated carbocycles.